The molecule has 0 bridgehead atoms. The van der Waals surface area contributed by atoms with Crippen molar-refractivity contribution in [2.24, 2.45) is 10.4 Å². The number of aliphatic hydroxyl groups excluding tert-OH is 1. The quantitative estimate of drug-likeness (QED) is 0.0524. The Kier molecular flexibility index (Phi) is 15.9. The fourth-order valence-electron chi connectivity index (χ4n) is 10.3. The molecule has 81 heavy (non-hydrogen) atoms. The molecule has 4 aromatic heterocycles. The largest absolute Gasteiger partial charge is 0.492 e. The van der Waals surface area contributed by atoms with Gasteiger partial charge < -0.3 is 39.8 Å². The molecule has 4 aromatic carbocycles. The Morgan fingerprint density at radius 1 is 0.852 bits per heavy atom. The number of likely N-dealkylation sites (tertiary alicyclic amines) is 1. The van der Waals surface area contributed by atoms with Gasteiger partial charge in [0.2, 0.25) is 11.8 Å². The second kappa shape index (κ2) is 23.0. The topological polar surface area (TPSA) is 232 Å². The number of aryl methyl sites for hydroxylation is 3. The number of β-amino-alcohol motifs (C(OH)–C–C–N with tert-alkyl or cyclic N) is 1. The highest BCUT2D eigenvalue weighted by Crippen LogP contribution is 2.40. The van der Waals surface area contributed by atoms with Gasteiger partial charge in [0, 0.05) is 39.9 Å². The van der Waals surface area contributed by atoms with Gasteiger partial charge in [-0.15, -0.1) is 32.9 Å². The minimum Gasteiger partial charge on any atom is -0.492 e. The maximum Gasteiger partial charge on any atom is 0.308 e. The first kappa shape index (κ1) is 56.0. The molecule has 0 aliphatic carbocycles. The zero-order chi connectivity index (χ0) is 57.4. The number of benzene rings is 4. The molecule has 4 N–H and O–H groups in total. The number of aliphatic imine (C=N–C) groups is 1. The first-order chi connectivity index (χ1) is 38.8. The van der Waals surface area contributed by atoms with E-state index in [2.05, 4.69) is 45.0 Å². The summed E-state index contributed by atoms with van der Waals surface area (Å²) >= 11 is 3.21. The third-order valence-corrected chi connectivity index (χ3v) is 17.0. The van der Waals surface area contributed by atoms with E-state index < -0.39 is 53.3 Å². The summed E-state index contributed by atoms with van der Waals surface area (Å²) in [4.78, 5) is 80.9. The number of aliphatic hydroxyl groups is 1. The summed E-state index contributed by atoms with van der Waals surface area (Å²) in [5, 5.41) is 29.9. The SMILES string of the molecule is COC(=O)C[C@@H]1N=C(c2ccc(-c3ccc(C(=O)NCCOc4ccc5oc(C(=O)NC(C(=O)N6C[C@H](O)C[C@H]6C(=O)N[C@@H](C)c6ccc(-c7scnc7C)cc6)C(C)(C)C)cc5c4)cc3)cc2)c2c(sc(C)c2C)-n2c(C)nnc21. The number of hydrogen-bond acceptors (Lipinski definition) is 15. The van der Waals surface area contributed by atoms with E-state index in [1.165, 1.54) is 12.0 Å². The minimum atomic E-state index is -1.07. The number of carbonyl (C=O) groups is 5. The van der Waals surface area contributed by atoms with E-state index in [1.807, 2.05) is 112 Å². The van der Waals surface area contributed by atoms with Crippen LogP contribution in [0.3, 0.4) is 0 Å². The lowest BCUT2D eigenvalue weighted by atomic mass is 9.85. The van der Waals surface area contributed by atoms with Crippen molar-refractivity contribution in [3.05, 3.63) is 158 Å². The van der Waals surface area contributed by atoms with Gasteiger partial charge in [0.1, 0.15) is 46.9 Å². The maximum absolute atomic E-state index is 14.4. The molecule has 18 nitrogen and oxygen atoms in total. The van der Waals surface area contributed by atoms with Crippen LogP contribution in [0.15, 0.2) is 112 Å². The molecule has 8 aromatic rings. The predicted molar refractivity (Wildman–Crippen MR) is 310 cm³/mol. The number of fused-ring (bicyclic) bond motifs is 4. The molecule has 5 atom stereocenters. The van der Waals surface area contributed by atoms with Crippen LogP contribution in [0.25, 0.3) is 37.5 Å². The van der Waals surface area contributed by atoms with Crippen LogP contribution in [0.4, 0.5) is 0 Å². The number of thiazole rings is 1. The number of amides is 4. The Morgan fingerprint density at radius 2 is 1.54 bits per heavy atom. The number of furan rings is 1. The first-order valence-corrected chi connectivity index (χ1v) is 28.4. The molecule has 4 amide bonds. The predicted octanol–water partition coefficient (Wildman–Crippen LogP) is 9.35. The number of carbonyl (C=O) groups excluding carboxylic acids is 5. The first-order valence-electron chi connectivity index (χ1n) is 26.7. The number of esters is 1. The molecular formula is C61H63N9O9S2. The van der Waals surface area contributed by atoms with Crippen molar-refractivity contribution in [2.45, 2.75) is 98.5 Å². The molecule has 418 valence electrons. The summed E-state index contributed by atoms with van der Waals surface area (Å²) in [6, 6.07) is 27.0. The fraction of sp³-hybridized carbons (Fsp3) is 0.328. The number of rotatable bonds is 16. The minimum absolute atomic E-state index is 0.0165. The number of hydrogen-bond donors (Lipinski definition) is 4. The van der Waals surface area contributed by atoms with E-state index in [0.29, 0.717) is 33.9 Å². The van der Waals surface area contributed by atoms with Crippen molar-refractivity contribution < 1.29 is 43.0 Å². The van der Waals surface area contributed by atoms with Gasteiger partial charge in [-0.2, -0.15) is 0 Å². The van der Waals surface area contributed by atoms with Crippen LogP contribution in [0.5, 0.6) is 5.75 Å². The second-order valence-electron chi connectivity index (χ2n) is 21.5. The van der Waals surface area contributed by atoms with Crippen molar-refractivity contribution in [2.75, 3.05) is 26.8 Å². The summed E-state index contributed by atoms with van der Waals surface area (Å²) in [6.07, 6.45) is -0.854. The van der Waals surface area contributed by atoms with E-state index in [-0.39, 0.29) is 50.2 Å². The third-order valence-electron chi connectivity index (χ3n) is 14.9. The molecule has 20 heteroatoms. The van der Waals surface area contributed by atoms with Gasteiger partial charge in [0.25, 0.3) is 11.8 Å². The average molecular weight is 1130 g/mol. The molecule has 0 radical (unpaired) electrons. The Bertz CT molecular complexity index is 3720. The standard InChI is InChI=1S/C61H63N9O9S2/c1-32-35(4)81-60-51(32)52(65-46(29-50(72)77-9)55-68-67-36(5)70(55)60)40-16-12-38(13-17-40)39-14-20-42(21-15-39)56(73)62-24-25-78-45-22-23-48-43(26-45)27-49(79-48)58(75)66-54(61(6,7)8)59(76)69-30-44(71)28-47(69)57(74)64-33(2)37-10-18-41(19-11-37)53-34(3)63-31-80-53/h10-23,26-27,31,33,44,46-47,54,71H,24-25,28-30H2,1-9H3,(H,62,73)(H,64,74)(H,66,75)/t33-,44+,46-,47-,54?/m0/s1. The number of nitrogens with zero attached hydrogens (tertiary/aromatic N) is 6. The van der Waals surface area contributed by atoms with Crippen molar-refractivity contribution in [1.29, 1.82) is 0 Å². The Morgan fingerprint density at radius 3 is 2.22 bits per heavy atom. The van der Waals surface area contributed by atoms with E-state index >= 15 is 0 Å². The van der Waals surface area contributed by atoms with Gasteiger partial charge in [-0.05, 0) is 104 Å². The van der Waals surface area contributed by atoms with Gasteiger partial charge in [0.15, 0.2) is 11.6 Å². The Balaban J connectivity index is 0.729. The summed E-state index contributed by atoms with van der Waals surface area (Å²) in [5.74, 6) is -0.414. The molecular weight excluding hydrogens is 1070 g/mol. The van der Waals surface area contributed by atoms with Crippen molar-refractivity contribution in [3.63, 3.8) is 0 Å². The van der Waals surface area contributed by atoms with E-state index in [4.69, 9.17) is 18.9 Å². The third kappa shape index (κ3) is 11.7. The highest BCUT2D eigenvalue weighted by atomic mass is 32.1. The lowest BCUT2D eigenvalue weighted by molar-refractivity contribution is -0.142. The maximum atomic E-state index is 14.4. The Labute approximate surface area is 476 Å². The van der Waals surface area contributed by atoms with Gasteiger partial charge in [-0.1, -0.05) is 81.4 Å². The van der Waals surface area contributed by atoms with Crippen molar-refractivity contribution in [3.8, 4) is 32.3 Å². The lowest BCUT2D eigenvalue weighted by Gasteiger charge is -2.35. The molecule has 10 rings (SSSR count). The number of aromatic nitrogens is 4. The van der Waals surface area contributed by atoms with Crippen LogP contribution in [-0.4, -0.2) is 110 Å². The zero-order valence-electron chi connectivity index (χ0n) is 46.5. The lowest BCUT2D eigenvalue weighted by Crippen LogP contribution is -2.57. The Hall–Kier alpha value is -8.33. The second-order valence-corrected chi connectivity index (χ2v) is 23.6. The molecule has 1 fully saturated rings. The highest BCUT2D eigenvalue weighted by Gasteiger charge is 2.45. The smallest absolute Gasteiger partial charge is 0.308 e. The summed E-state index contributed by atoms with van der Waals surface area (Å²) in [7, 11) is 1.36. The summed E-state index contributed by atoms with van der Waals surface area (Å²) < 4.78 is 19.0. The van der Waals surface area contributed by atoms with Gasteiger partial charge in [0.05, 0.1) is 54.0 Å². The van der Waals surface area contributed by atoms with E-state index in [9.17, 15) is 29.1 Å². The van der Waals surface area contributed by atoms with Gasteiger partial charge in [-0.25, -0.2) is 4.98 Å². The summed E-state index contributed by atoms with van der Waals surface area (Å²) in [5.41, 5.74) is 10.4. The van der Waals surface area contributed by atoms with Crippen LogP contribution in [0.2, 0.25) is 0 Å². The monoisotopic (exact) mass is 1130 g/mol. The van der Waals surface area contributed by atoms with Crippen molar-refractivity contribution in [1.82, 2.24) is 40.6 Å². The summed E-state index contributed by atoms with van der Waals surface area (Å²) in [6.45, 7) is 15.6. The normalized spacial score (nSPS) is 16.6. The molecule has 1 saturated heterocycles. The molecule has 0 spiro atoms. The molecule has 2 aliphatic heterocycles. The zero-order valence-corrected chi connectivity index (χ0v) is 48.1. The fourth-order valence-corrected chi connectivity index (χ4v) is 12.3. The molecule has 2 aliphatic rings. The molecule has 0 saturated carbocycles. The van der Waals surface area contributed by atoms with Crippen LogP contribution in [-0.2, 0) is 19.1 Å². The van der Waals surface area contributed by atoms with Crippen LogP contribution >= 0.6 is 22.7 Å². The number of methoxy groups -OCH3 is 1. The number of ether oxygens (including phenoxy) is 2. The van der Waals surface area contributed by atoms with Crippen LogP contribution in [0.1, 0.15) is 118 Å². The number of thiophene rings is 1. The van der Waals surface area contributed by atoms with E-state index in [1.54, 1.807) is 59.1 Å². The molecule has 6 heterocycles. The van der Waals surface area contributed by atoms with Crippen LogP contribution < -0.4 is 20.7 Å². The van der Waals surface area contributed by atoms with Crippen molar-refractivity contribution >= 4 is 69.0 Å². The van der Waals surface area contributed by atoms with Gasteiger partial charge in [-0.3, -0.25) is 33.5 Å². The number of nitrogens with one attached hydrogen (secondary N) is 3. The van der Waals surface area contributed by atoms with E-state index in [0.717, 1.165) is 65.1 Å². The van der Waals surface area contributed by atoms with Crippen LogP contribution in [0, 0.1) is 33.1 Å². The molecule has 1 unspecified atom stereocenters. The average Bonchev–Trinajstić information content (AvgIpc) is 4.49. The highest BCUT2D eigenvalue weighted by molar-refractivity contribution is 7.15. The van der Waals surface area contributed by atoms with Gasteiger partial charge >= 0.3 is 5.97 Å².